The van der Waals surface area contributed by atoms with E-state index in [2.05, 4.69) is 0 Å². The van der Waals surface area contributed by atoms with Crippen LogP contribution in [0.3, 0.4) is 0 Å². The molecule has 8 heteroatoms. The minimum absolute atomic E-state index is 0.0328. The summed E-state index contributed by atoms with van der Waals surface area (Å²) >= 11 is 1.09. The van der Waals surface area contributed by atoms with Gasteiger partial charge in [0.1, 0.15) is 23.4 Å². The Morgan fingerprint density at radius 3 is 2.44 bits per heavy atom. The van der Waals surface area contributed by atoms with Gasteiger partial charge < -0.3 is 9.84 Å². The number of halogens is 4. The number of rotatable bonds is 3. The summed E-state index contributed by atoms with van der Waals surface area (Å²) in [6.45, 7) is 4.00. The molecule has 0 fully saturated rings. The van der Waals surface area contributed by atoms with E-state index in [1.54, 1.807) is 12.3 Å². The van der Waals surface area contributed by atoms with Gasteiger partial charge in [0.25, 0.3) is 0 Å². The van der Waals surface area contributed by atoms with E-state index in [0.29, 0.717) is 4.90 Å². The van der Waals surface area contributed by atoms with E-state index >= 15 is 0 Å². The molecule has 0 amide bonds. The van der Waals surface area contributed by atoms with Gasteiger partial charge in [0.15, 0.2) is 6.17 Å². The highest BCUT2D eigenvalue weighted by Gasteiger charge is 2.58. The Hall–Kier alpha value is -2.24. The van der Waals surface area contributed by atoms with Crippen molar-refractivity contribution in [2.24, 2.45) is 0 Å². The van der Waals surface area contributed by atoms with Crippen LogP contribution in [0.25, 0.3) is 0 Å². The van der Waals surface area contributed by atoms with Gasteiger partial charge in [0.2, 0.25) is 0 Å². The first kappa shape index (κ1) is 21.1. The molecule has 0 spiro atoms. The summed E-state index contributed by atoms with van der Waals surface area (Å²) in [7, 11) is 0. The third-order valence-corrected chi connectivity index (χ3v) is 4.68. The highest BCUT2D eigenvalue weighted by atomic mass is 32.2. The molecule has 144 valence electrons. The lowest BCUT2D eigenvalue weighted by molar-refractivity contribution is -0.143. The van der Waals surface area contributed by atoms with Crippen LogP contribution in [-0.4, -0.2) is 17.3 Å². The van der Waals surface area contributed by atoms with Crippen molar-refractivity contribution in [3.63, 3.8) is 0 Å². The number of ether oxygens (including phenoxy) is 1. The molecule has 3 rings (SSSR count). The maximum absolute atomic E-state index is 14.3. The van der Waals surface area contributed by atoms with Gasteiger partial charge >= 0.3 is 5.92 Å². The number of thioether (sulfide) groups is 1. The maximum Gasteiger partial charge on any atom is 0.312 e. The second-order valence-corrected chi connectivity index (χ2v) is 6.27. The highest BCUT2D eigenvalue weighted by Crippen LogP contribution is 2.57. The smallest absolute Gasteiger partial charge is 0.312 e. The monoisotopic (exact) mass is 399 g/mol. The summed E-state index contributed by atoms with van der Waals surface area (Å²) in [5.41, 5.74) is -0.735. The van der Waals surface area contributed by atoms with E-state index < -0.39 is 29.6 Å². The van der Waals surface area contributed by atoms with Gasteiger partial charge in [-0.3, -0.25) is 0 Å². The Morgan fingerprint density at radius 2 is 1.85 bits per heavy atom. The first-order valence-corrected chi connectivity index (χ1v) is 9.31. The predicted octanol–water partition coefficient (Wildman–Crippen LogP) is 5.93. The minimum Gasteiger partial charge on any atom is -0.457 e. The quantitative estimate of drug-likeness (QED) is 0.513. The number of hydrogen-bond donors (Lipinski definition) is 1. The Bertz CT molecular complexity index is 883. The first-order chi connectivity index (χ1) is 12.8. The second kappa shape index (κ2) is 8.19. The van der Waals surface area contributed by atoms with Crippen molar-refractivity contribution >= 4 is 11.8 Å². The summed E-state index contributed by atoms with van der Waals surface area (Å²) in [6, 6.07) is 7.56. The summed E-state index contributed by atoms with van der Waals surface area (Å²) in [4.78, 5) is 0.298. The van der Waals surface area contributed by atoms with Crippen LogP contribution in [0.2, 0.25) is 0 Å². The van der Waals surface area contributed by atoms with Crippen molar-refractivity contribution < 1.29 is 27.4 Å². The van der Waals surface area contributed by atoms with Crippen molar-refractivity contribution in [1.82, 2.24) is 0 Å². The average Bonchev–Trinajstić information content (AvgIpc) is 2.84. The van der Waals surface area contributed by atoms with Crippen LogP contribution in [0.5, 0.6) is 11.5 Å². The number of fused-ring (bicyclic) bond motifs is 1. The fraction of sp³-hybridized carbons (Fsp3) is 0.316. The molecule has 2 aromatic carbocycles. The number of alkyl halides is 3. The van der Waals surface area contributed by atoms with Crippen molar-refractivity contribution in [2.75, 3.05) is 6.26 Å². The zero-order valence-electron chi connectivity index (χ0n) is 14.8. The van der Waals surface area contributed by atoms with E-state index in [1.165, 1.54) is 18.2 Å². The Morgan fingerprint density at radius 1 is 1.19 bits per heavy atom. The van der Waals surface area contributed by atoms with Crippen molar-refractivity contribution in [1.29, 1.82) is 5.26 Å². The lowest BCUT2D eigenvalue weighted by Crippen LogP contribution is -2.24. The fourth-order valence-corrected chi connectivity index (χ4v) is 3.39. The molecule has 0 radical (unpaired) electrons. The van der Waals surface area contributed by atoms with Crippen molar-refractivity contribution in [3.05, 3.63) is 52.8 Å². The predicted molar refractivity (Wildman–Crippen MR) is 94.5 cm³/mol. The summed E-state index contributed by atoms with van der Waals surface area (Å²) in [5.74, 6) is -5.14. The highest BCUT2D eigenvalue weighted by molar-refractivity contribution is 7.98. The van der Waals surface area contributed by atoms with Gasteiger partial charge in [-0.2, -0.15) is 14.0 Å². The number of nitriles is 1. The zero-order chi connectivity index (χ0) is 20.4. The molecule has 0 aliphatic heterocycles. The molecule has 0 aromatic heterocycles. The van der Waals surface area contributed by atoms with Crippen LogP contribution in [0.1, 0.15) is 42.8 Å². The van der Waals surface area contributed by atoms with Gasteiger partial charge in [-0.25, -0.2) is 8.78 Å². The summed E-state index contributed by atoms with van der Waals surface area (Å²) < 4.78 is 61.1. The molecule has 0 heterocycles. The third kappa shape index (κ3) is 3.75. The van der Waals surface area contributed by atoms with E-state index in [9.17, 15) is 22.7 Å². The Labute approximate surface area is 158 Å². The van der Waals surface area contributed by atoms with Crippen LogP contribution in [0.4, 0.5) is 17.6 Å². The van der Waals surface area contributed by atoms with Gasteiger partial charge in [-0.1, -0.05) is 13.8 Å². The van der Waals surface area contributed by atoms with Crippen molar-refractivity contribution in [2.45, 2.75) is 36.9 Å². The standard InChI is InChI=1S/C17H11F4NO2S.C2H6/c1-25-12-3-2-11(13-14(12)16(23)17(20,21)15(13)19)24-10-5-8(7-22)4-9(18)6-10;1-2/h2-6,15-16,23H,1H3;1-2H3. The van der Waals surface area contributed by atoms with E-state index in [4.69, 9.17) is 10.00 Å². The van der Waals surface area contributed by atoms with Gasteiger partial charge in [-0.15, -0.1) is 11.8 Å². The van der Waals surface area contributed by atoms with Gasteiger partial charge in [0.05, 0.1) is 11.6 Å². The topological polar surface area (TPSA) is 53.2 Å². The molecule has 0 saturated heterocycles. The van der Waals surface area contributed by atoms with E-state index in [-0.39, 0.29) is 22.6 Å². The first-order valence-electron chi connectivity index (χ1n) is 8.09. The minimum atomic E-state index is -3.99. The maximum atomic E-state index is 14.3. The Kier molecular flexibility index (Phi) is 6.39. The third-order valence-electron chi connectivity index (χ3n) is 3.88. The normalized spacial score (nSPS) is 19.5. The van der Waals surface area contributed by atoms with Crippen molar-refractivity contribution in [3.8, 4) is 17.6 Å². The average molecular weight is 399 g/mol. The zero-order valence-corrected chi connectivity index (χ0v) is 15.6. The molecular weight excluding hydrogens is 382 g/mol. The molecule has 1 aliphatic rings. The van der Waals surface area contributed by atoms with Crippen LogP contribution >= 0.6 is 11.8 Å². The summed E-state index contributed by atoms with van der Waals surface area (Å²) in [5, 5.41) is 18.7. The Balaban J connectivity index is 0.00000126. The van der Waals surface area contributed by atoms with Crippen LogP contribution in [-0.2, 0) is 0 Å². The number of nitrogens with zero attached hydrogens (tertiary/aromatic N) is 1. The molecule has 2 aromatic rings. The van der Waals surface area contributed by atoms with Crippen LogP contribution in [0.15, 0.2) is 35.2 Å². The number of hydrogen-bond acceptors (Lipinski definition) is 4. The number of aliphatic hydroxyl groups excluding tert-OH is 1. The van der Waals surface area contributed by atoms with Gasteiger partial charge in [0, 0.05) is 22.1 Å². The summed E-state index contributed by atoms with van der Waals surface area (Å²) in [6.07, 6.45) is -3.45. The molecule has 3 nitrogen and oxygen atoms in total. The van der Waals surface area contributed by atoms with E-state index in [1.807, 2.05) is 13.8 Å². The molecule has 27 heavy (non-hydrogen) atoms. The van der Waals surface area contributed by atoms with Gasteiger partial charge in [-0.05, 0) is 30.5 Å². The molecular formula is C19H17F4NO2S. The lowest BCUT2D eigenvalue weighted by Gasteiger charge is -2.16. The number of benzene rings is 2. The molecule has 2 unspecified atom stereocenters. The molecule has 0 saturated carbocycles. The molecule has 0 bridgehead atoms. The lowest BCUT2D eigenvalue weighted by atomic mass is 10.1. The second-order valence-electron chi connectivity index (χ2n) is 5.42. The van der Waals surface area contributed by atoms with Crippen LogP contribution < -0.4 is 4.74 Å². The number of aliphatic hydroxyl groups is 1. The van der Waals surface area contributed by atoms with E-state index in [0.717, 1.165) is 23.9 Å². The molecule has 1 aliphatic carbocycles. The fourth-order valence-electron chi connectivity index (χ4n) is 2.74. The molecule has 2 atom stereocenters. The SMILES string of the molecule is CC.CSc1ccc(Oc2cc(F)cc(C#N)c2)c2c1C(O)C(F)(F)C2F. The largest absolute Gasteiger partial charge is 0.457 e. The van der Waals surface area contributed by atoms with Crippen LogP contribution in [0, 0.1) is 17.1 Å². The molecule has 1 N–H and O–H groups in total.